The summed E-state index contributed by atoms with van der Waals surface area (Å²) in [6, 6.07) is 0. The summed E-state index contributed by atoms with van der Waals surface area (Å²) in [6.07, 6.45) is 4.36. The van der Waals surface area contributed by atoms with E-state index in [1.54, 1.807) is 0 Å². The van der Waals surface area contributed by atoms with E-state index < -0.39 is 0 Å². The fourth-order valence-electron chi connectivity index (χ4n) is 0.815. The lowest BCUT2D eigenvalue weighted by atomic mass is 10.1. The van der Waals surface area contributed by atoms with Crippen molar-refractivity contribution >= 4 is 0 Å². The van der Waals surface area contributed by atoms with Crippen LogP contribution in [0, 0.1) is 0 Å². The van der Waals surface area contributed by atoms with Crippen molar-refractivity contribution in [2.24, 2.45) is 0 Å². The normalized spacial score (nSPS) is 13.4. The van der Waals surface area contributed by atoms with Gasteiger partial charge in [0.25, 0.3) is 0 Å². The fourth-order valence-corrected chi connectivity index (χ4v) is 0.815. The maximum Gasteiger partial charge on any atom is 0.0934 e. The first-order valence-corrected chi connectivity index (χ1v) is 3.94. The average Bonchev–Trinajstić information content (AvgIpc) is 2.01. The van der Waals surface area contributed by atoms with Crippen molar-refractivity contribution in [3.63, 3.8) is 0 Å². The zero-order valence-corrected chi connectivity index (χ0v) is 7.08. The van der Waals surface area contributed by atoms with Gasteiger partial charge in [0.2, 0.25) is 0 Å². The molecule has 0 amide bonds. The summed E-state index contributed by atoms with van der Waals surface area (Å²) in [5, 5.41) is 14.9. The van der Waals surface area contributed by atoms with Gasteiger partial charge < -0.3 is 0 Å². The van der Waals surface area contributed by atoms with Gasteiger partial charge in [0.1, 0.15) is 0 Å². The van der Waals surface area contributed by atoms with Crippen LogP contribution >= 0.6 is 0 Å². The maximum atomic E-state index is 7.74. The van der Waals surface area contributed by atoms with E-state index in [0.29, 0.717) is 0 Å². The molecule has 0 saturated heterocycles. The van der Waals surface area contributed by atoms with Gasteiger partial charge >= 0.3 is 0 Å². The Morgan fingerprint density at radius 2 is 2.09 bits per heavy atom. The van der Waals surface area contributed by atoms with Gasteiger partial charge in [0.05, 0.1) is 6.10 Å². The van der Waals surface area contributed by atoms with Crippen molar-refractivity contribution in [3.05, 3.63) is 0 Å². The number of rotatable bonds is 7. The summed E-state index contributed by atoms with van der Waals surface area (Å²) in [5.41, 5.74) is 0. The summed E-state index contributed by atoms with van der Waals surface area (Å²) < 4.78 is 0. The summed E-state index contributed by atoms with van der Waals surface area (Å²) in [4.78, 5) is 4.57. The molecule has 0 saturated carbocycles. The first kappa shape index (κ1) is 10.8. The lowest BCUT2D eigenvalue weighted by molar-refractivity contribution is -0.630. The largest absolute Gasteiger partial charge is 0.219 e. The summed E-state index contributed by atoms with van der Waals surface area (Å²) >= 11 is 0. The molecule has 68 valence electrons. The summed E-state index contributed by atoms with van der Waals surface area (Å²) in [5.74, 6) is 0. The standard InChI is InChI=1S/C7H16O4/c1-3-4-5-6-7(2)9-11-10-8/h7-8H,3-6H2,1-2H3. The molecule has 0 heterocycles. The highest BCUT2D eigenvalue weighted by Gasteiger charge is 2.02. The van der Waals surface area contributed by atoms with Crippen molar-refractivity contribution in [1.82, 2.24) is 0 Å². The molecule has 0 aliphatic heterocycles. The van der Waals surface area contributed by atoms with E-state index in [1.807, 2.05) is 6.92 Å². The van der Waals surface area contributed by atoms with Crippen LogP contribution in [-0.2, 0) is 15.0 Å². The van der Waals surface area contributed by atoms with Crippen LogP contribution in [-0.4, -0.2) is 11.4 Å². The Labute approximate surface area is 66.9 Å². The lowest BCUT2D eigenvalue weighted by Gasteiger charge is -2.07. The second-order valence-corrected chi connectivity index (χ2v) is 2.55. The topological polar surface area (TPSA) is 47.9 Å². The highest BCUT2D eigenvalue weighted by molar-refractivity contribution is 4.47. The van der Waals surface area contributed by atoms with Crippen LogP contribution in [0.4, 0.5) is 0 Å². The van der Waals surface area contributed by atoms with E-state index >= 15 is 0 Å². The van der Waals surface area contributed by atoms with E-state index in [9.17, 15) is 0 Å². The van der Waals surface area contributed by atoms with Gasteiger partial charge in [0, 0.05) is 0 Å². The molecular formula is C7H16O4. The minimum Gasteiger partial charge on any atom is -0.219 e. The van der Waals surface area contributed by atoms with Crippen LogP contribution in [0.25, 0.3) is 0 Å². The minimum atomic E-state index is -0.0336. The molecule has 4 nitrogen and oxygen atoms in total. The lowest BCUT2D eigenvalue weighted by Crippen LogP contribution is -2.08. The van der Waals surface area contributed by atoms with Gasteiger partial charge in [-0.1, -0.05) is 26.2 Å². The molecule has 4 heteroatoms. The van der Waals surface area contributed by atoms with E-state index in [2.05, 4.69) is 21.9 Å². The van der Waals surface area contributed by atoms with Gasteiger partial charge in [-0.25, -0.2) is 10.1 Å². The molecule has 0 bridgehead atoms. The van der Waals surface area contributed by atoms with Crippen LogP contribution in [0.15, 0.2) is 0 Å². The summed E-state index contributed by atoms with van der Waals surface area (Å²) in [7, 11) is 0. The second kappa shape index (κ2) is 7.94. The number of hydrogen-bond donors (Lipinski definition) is 1. The quantitative estimate of drug-likeness (QED) is 0.356. The molecule has 0 aromatic carbocycles. The average molecular weight is 164 g/mol. The van der Waals surface area contributed by atoms with Gasteiger partial charge in [-0.2, -0.15) is 0 Å². The highest BCUT2D eigenvalue weighted by Crippen LogP contribution is 2.05. The molecule has 0 fully saturated rings. The third-order valence-electron chi connectivity index (χ3n) is 1.45. The predicted molar refractivity (Wildman–Crippen MR) is 39.5 cm³/mol. The van der Waals surface area contributed by atoms with Crippen LogP contribution in [0.5, 0.6) is 0 Å². The van der Waals surface area contributed by atoms with Crippen LogP contribution in [0.3, 0.4) is 0 Å². The third-order valence-corrected chi connectivity index (χ3v) is 1.45. The fraction of sp³-hybridized carbons (Fsp3) is 1.00. The molecule has 0 aromatic rings. The molecule has 0 spiro atoms. The van der Waals surface area contributed by atoms with E-state index in [-0.39, 0.29) is 6.10 Å². The molecule has 0 rings (SSSR count). The van der Waals surface area contributed by atoms with Crippen molar-refractivity contribution < 1.29 is 20.2 Å². The Bertz CT molecular complexity index is 76.8. The predicted octanol–water partition coefficient (Wildman–Crippen LogP) is 2.31. The molecule has 0 radical (unpaired) electrons. The van der Waals surface area contributed by atoms with Gasteiger partial charge in [-0.05, 0) is 23.4 Å². The molecule has 0 aliphatic carbocycles. The zero-order valence-electron chi connectivity index (χ0n) is 7.08. The highest BCUT2D eigenvalue weighted by atomic mass is 17.6. The molecule has 1 N–H and O–H groups in total. The number of hydrogen-bond acceptors (Lipinski definition) is 4. The molecule has 11 heavy (non-hydrogen) atoms. The van der Waals surface area contributed by atoms with E-state index in [1.165, 1.54) is 12.8 Å². The third kappa shape index (κ3) is 7.74. The van der Waals surface area contributed by atoms with Crippen LogP contribution in [0.2, 0.25) is 0 Å². The summed E-state index contributed by atoms with van der Waals surface area (Å²) in [6.45, 7) is 3.99. The van der Waals surface area contributed by atoms with Gasteiger partial charge in [0.15, 0.2) is 0 Å². The Balaban J connectivity index is 3.02. The van der Waals surface area contributed by atoms with Gasteiger partial charge in [-0.15, -0.1) is 0 Å². The zero-order chi connectivity index (χ0) is 8.53. The first-order chi connectivity index (χ1) is 5.31. The van der Waals surface area contributed by atoms with Crippen molar-refractivity contribution in [2.75, 3.05) is 0 Å². The van der Waals surface area contributed by atoms with Gasteiger partial charge in [-0.3, -0.25) is 0 Å². The van der Waals surface area contributed by atoms with Crippen LogP contribution in [0.1, 0.15) is 39.5 Å². The smallest absolute Gasteiger partial charge is 0.0934 e. The van der Waals surface area contributed by atoms with Crippen molar-refractivity contribution in [3.8, 4) is 0 Å². The van der Waals surface area contributed by atoms with Crippen molar-refractivity contribution in [2.45, 2.75) is 45.6 Å². The molecule has 0 aliphatic rings. The van der Waals surface area contributed by atoms with Crippen molar-refractivity contribution in [1.29, 1.82) is 0 Å². The van der Waals surface area contributed by atoms with E-state index in [0.717, 1.165) is 12.8 Å². The Kier molecular flexibility index (Phi) is 7.83. The minimum absolute atomic E-state index is 0.0336. The Morgan fingerprint density at radius 3 is 2.64 bits per heavy atom. The molecule has 1 unspecified atom stereocenters. The number of unbranched alkanes of at least 4 members (excludes halogenated alkanes) is 2. The SMILES string of the molecule is CCCCCC(C)OOOO. The Hall–Kier alpha value is -0.160. The van der Waals surface area contributed by atoms with Crippen LogP contribution < -0.4 is 0 Å². The Morgan fingerprint density at radius 1 is 1.36 bits per heavy atom. The first-order valence-electron chi connectivity index (χ1n) is 3.94. The monoisotopic (exact) mass is 164 g/mol. The second-order valence-electron chi connectivity index (χ2n) is 2.55. The maximum absolute atomic E-state index is 7.74. The molecule has 1 atom stereocenters. The molecular weight excluding hydrogens is 148 g/mol. The van der Waals surface area contributed by atoms with E-state index in [4.69, 9.17) is 5.26 Å². The molecule has 0 aromatic heterocycles.